The summed E-state index contributed by atoms with van der Waals surface area (Å²) in [5.74, 6) is -1.01. The van der Waals surface area contributed by atoms with E-state index < -0.39 is 11.7 Å². The Morgan fingerprint density at radius 2 is 1.60 bits per heavy atom. The molecule has 0 unspecified atom stereocenters. The first kappa shape index (κ1) is 18.4. The van der Waals surface area contributed by atoms with Crippen LogP contribution in [0.3, 0.4) is 0 Å². The molecule has 0 aliphatic rings. The summed E-state index contributed by atoms with van der Waals surface area (Å²) in [6, 6.07) is 11.3. The smallest absolute Gasteiger partial charge is 0.319 e. The second-order valence-electron chi connectivity index (χ2n) is 5.85. The van der Waals surface area contributed by atoms with Crippen LogP contribution < -0.4 is 16.0 Å². The maximum absolute atomic E-state index is 13.5. The van der Waals surface area contributed by atoms with Gasteiger partial charge in [0.05, 0.1) is 5.56 Å². The van der Waals surface area contributed by atoms with E-state index in [-0.39, 0.29) is 11.6 Å². The molecule has 0 fully saturated rings. The Morgan fingerprint density at radius 3 is 2.28 bits per heavy atom. The Balaban J connectivity index is 1.68. The Morgan fingerprint density at radius 1 is 0.960 bits per heavy atom. The molecular formula is C19H22FN3O2. The minimum Gasteiger partial charge on any atom is -0.352 e. The fourth-order valence-corrected chi connectivity index (χ4v) is 2.45. The minimum absolute atomic E-state index is 0.0167. The number of halogens is 1. The van der Waals surface area contributed by atoms with Gasteiger partial charge in [0.25, 0.3) is 5.91 Å². The van der Waals surface area contributed by atoms with Crippen molar-refractivity contribution < 1.29 is 14.0 Å². The third kappa shape index (κ3) is 5.91. The van der Waals surface area contributed by atoms with Crippen molar-refractivity contribution in [2.75, 3.05) is 18.4 Å². The van der Waals surface area contributed by atoms with E-state index in [1.54, 1.807) is 6.07 Å². The van der Waals surface area contributed by atoms with Gasteiger partial charge in [0, 0.05) is 18.8 Å². The molecular weight excluding hydrogens is 321 g/mol. The van der Waals surface area contributed by atoms with E-state index in [0.717, 1.165) is 16.8 Å². The zero-order valence-corrected chi connectivity index (χ0v) is 14.4. The normalized spacial score (nSPS) is 10.2. The molecule has 132 valence electrons. The van der Waals surface area contributed by atoms with Gasteiger partial charge >= 0.3 is 6.03 Å². The molecule has 0 saturated carbocycles. The van der Waals surface area contributed by atoms with Crippen molar-refractivity contribution in [2.24, 2.45) is 0 Å². The summed E-state index contributed by atoms with van der Waals surface area (Å²) >= 11 is 0. The summed E-state index contributed by atoms with van der Waals surface area (Å²) in [5, 5.41) is 8.12. The van der Waals surface area contributed by atoms with Crippen LogP contribution in [0.5, 0.6) is 0 Å². The van der Waals surface area contributed by atoms with E-state index in [4.69, 9.17) is 0 Å². The zero-order valence-electron chi connectivity index (χ0n) is 14.4. The van der Waals surface area contributed by atoms with Crippen molar-refractivity contribution >= 4 is 17.6 Å². The standard InChI is InChI=1S/C19H22FN3O2/c1-13-10-14(2)12-15(11-13)23-19(25)22-9-5-8-21-18(24)16-6-3-4-7-17(16)20/h3-4,6-7,10-12H,5,8-9H2,1-2H3,(H,21,24)(H2,22,23,25). The predicted octanol–water partition coefficient (Wildman–Crippen LogP) is 3.38. The molecule has 3 N–H and O–H groups in total. The van der Waals surface area contributed by atoms with Crippen LogP contribution >= 0.6 is 0 Å². The fourth-order valence-electron chi connectivity index (χ4n) is 2.45. The van der Waals surface area contributed by atoms with E-state index >= 15 is 0 Å². The Bertz CT molecular complexity index is 742. The van der Waals surface area contributed by atoms with Crippen molar-refractivity contribution in [2.45, 2.75) is 20.3 Å². The van der Waals surface area contributed by atoms with Crippen LogP contribution in [0.2, 0.25) is 0 Å². The van der Waals surface area contributed by atoms with Gasteiger partial charge in [-0.3, -0.25) is 4.79 Å². The number of aryl methyl sites for hydroxylation is 2. The topological polar surface area (TPSA) is 70.2 Å². The van der Waals surface area contributed by atoms with Crippen molar-refractivity contribution in [1.29, 1.82) is 0 Å². The van der Waals surface area contributed by atoms with Crippen LogP contribution in [0.1, 0.15) is 27.9 Å². The molecule has 2 aromatic carbocycles. The van der Waals surface area contributed by atoms with Gasteiger partial charge in [0.15, 0.2) is 0 Å². The lowest BCUT2D eigenvalue weighted by atomic mass is 10.1. The monoisotopic (exact) mass is 343 g/mol. The Hall–Kier alpha value is -2.89. The molecule has 0 aromatic heterocycles. The number of anilines is 1. The van der Waals surface area contributed by atoms with E-state index in [1.807, 2.05) is 32.0 Å². The first-order valence-corrected chi connectivity index (χ1v) is 8.11. The number of carbonyl (C=O) groups excluding carboxylic acids is 2. The third-order valence-electron chi connectivity index (χ3n) is 3.52. The first-order chi connectivity index (χ1) is 12.0. The summed E-state index contributed by atoms with van der Waals surface area (Å²) < 4.78 is 13.5. The van der Waals surface area contributed by atoms with Gasteiger partial charge in [0.2, 0.25) is 0 Å². The number of nitrogens with one attached hydrogen (secondary N) is 3. The molecule has 3 amide bonds. The second kappa shape index (κ2) is 8.82. The highest BCUT2D eigenvalue weighted by Crippen LogP contribution is 2.13. The average Bonchev–Trinajstić information content (AvgIpc) is 2.53. The molecule has 0 heterocycles. The van der Waals surface area contributed by atoms with E-state index in [9.17, 15) is 14.0 Å². The van der Waals surface area contributed by atoms with Crippen LogP contribution in [-0.4, -0.2) is 25.0 Å². The molecule has 0 spiro atoms. The summed E-state index contributed by atoms with van der Waals surface area (Å²) in [7, 11) is 0. The molecule has 0 aliphatic heterocycles. The van der Waals surface area contributed by atoms with Gasteiger partial charge in [-0.1, -0.05) is 18.2 Å². The number of amides is 3. The van der Waals surface area contributed by atoms with Gasteiger partial charge in [0.1, 0.15) is 5.82 Å². The molecule has 25 heavy (non-hydrogen) atoms. The lowest BCUT2D eigenvalue weighted by Crippen LogP contribution is -2.32. The van der Waals surface area contributed by atoms with Crippen molar-refractivity contribution in [1.82, 2.24) is 10.6 Å². The van der Waals surface area contributed by atoms with Crippen LogP contribution in [0, 0.1) is 19.7 Å². The van der Waals surface area contributed by atoms with E-state index in [2.05, 4.69) is 16.0 Å². The maximum Gasteiger partial charge on any atom is 0.319 e. The molecule has 0 atom stereocenters. The molecule has 2 rings (SSSR count). The molecule has 0 aliphatic carbocycles. The van der Waals surface area contributed by atoms with Crippen LogP contribution in [0.25, 0.3) is 0 Å². The highest BCUT2D eigenvalue weighted by Gasteiger charge is 2.09. The van der Waals surface area contributed by atoms with Gasteiger partial charge < -0.3 is 16.0 Å². The predicted molar refractivity (Wildman–Crippen MR) is 96.3 cm³/mol. The zero-order chi connectivity index (χ0) is 18.2. The van der Waals surface area contributed by atoms with E-state index in [0.29, 0.717) is 19.5 Å². The quantitative estimate of drug-likeness (QED) is 0.704. The molecule has 0 radical (unpaired) electrons. The highest BCUT2D eigenvalue weighted by molar-refractivity contribution is 5.94. The Kier molecular flexibility index (Phi) is 6.51. The maximum atomic E-state index is 13.5. The molecule has 6 heteroatoms. The summed E-state index contributed by atoms with van der Waals surface area (Å²) in [4.78, 5) is 23.7. The number of hydrogen-bond acceptors (Lipinski definition) is 2. The number of hydrogen-bond donors (Lipinski definition) is 3. The van der Waals surface area contributed by atoms with Gasteiger partial charge in [-0.2, -0.15) is 0 Å². The van der Waals surface area contributed by atoms with Crippen LogP contribution in [0.4, 0.5) is 14.9 Å². The second-order valence-corrected chi connectivity index (χ2v) is 5.85. The van der Waals surface area contributed by atoms with Crippen molar-refractivity contribution in [3.63, 3.8) is 0 Å². The lowest BCUT2D eigenvalue weighted by molar-refractivity contribution is 0.0949. The summed E-state index contributed by atoms with van der Waals surface area (Å²) in [6.45, 7) is 4.67. The highest BCUT2D eigenvalue weighted by atomic mass is 19.1. The summed E-state index contributed by atoms with van der Waals surface area (Å²) in [6.07, 6.45) is 0.542. The first-order valence-electron chi connectivity index (χ1n) is 8.11. The van der Waals surface area contributed by atoms with Gasteiger partial charge in [-0.05, 0) is 55.7 Å². The van der Waals surface area contributed by atoms with Crippen LogP contribution in [0.15, 0.2) is 42.5 Å². The molecule has 0 saturated heterocycles. The summed E-state index contributed by atoms with van der Waals surface area (Å²) in [5.41, 5.74) is 2.91. The third-order valence-corrected chi connectivity index (χ3v) is 3.52. The van der Waals surface area contributed by atoms with Gasteiger partial charge in [-0.15, -0.1) is 0 Å². The molecule has 0 bridgehead atoms. The lowest BCUT2D eigenvalue weighted by Gasteiger charge is -2.10. The number of carbonyl (C=O) groups is 2. The number of rotatable bonds is 6. The fraction of sp³-hybridized carbons (Fsp3) is 0.263. The van der Waals surface area contributed by atoms with Crippen LogP contribution in [-0.2, 0) is 0 Å². The molecule has 2 aromatic rings. The Labute approximate surface area is 146 Å². The van der Waals surface area contributed by atoms with E-state index in [1.165, 1.54) is 18.2 Å². The van der Waals surface area contributed by atoms with Crippen molar-refractivity contribution in [3.8, 4) is 0 Å². The van der Waals surface area contributed by atoms with Gasteiger partial charge in [-0.25, -0.2) is 9.18 Å². The number of urea groups is 1. The minimum atomic E-state index is -0.550. The van der Waals surface area contributed by atoms with Crippen molar-refractivity contribution in [3.05, 3.63) is 65.0 Å². The average molecular weight is 343 g/mol. The molecule has 5 nitrogen and oxygen atoms in total. The number of benzene rings is 2. The SMILES string of the molecule is Cc1cc(C)cc(NC(=O)NCCCNC(=O)c2ccccc2F)c1. The largest absolute Gasteiger partial charge is 0.352 e.